The van der Waals surface area contributed by atoms with E-state index in [2.05, 4.69) is 20.3 Å². The fourth-order valence-electron chi connectivity index (χ4n) is 5.04. The summed E-state index contributed by atoms with van der Waals surface area (Å²) in [6.45, 7) is -0.101. The number of aliphatic hydroxyl groups is 4. The van der Waals surface area contributed by atoms with E-state index >= 15 is 0 Å². The highest BCUT2D eigenvalue weighted by atomic mass is 16.6. The van der Waals surface area contributed by atoms with Crippen LogP contribution >= 0.6 is 0 Å². The number of ether oxygens (including phenoxy) is 1. The van der Waals surface area contributed by atoms with E-state index in [9.17, 15) is 20.4 Å². The van der Waals surface area contributed by atoms with Crippen LogP contribution in [0.15, 0.2) is 12.7 Å². The second-order valence-corrected chi connectivity index (χ2v) is 8.21. The van der Waals surface area contributed by atoms with Gasteiger partial charge in [0.05, 0.1) is 25.6 Å². The van der Waals surface area contributed by atoms with Crippen LogP contribution in [0.3, 0.4) is 0 Å². The Hall–Kier alpha value is -1.85. The minimum Gasteiger partial charge on any atom is -0.394 e. The van der Waals surface area contributed by atoms with Gasteiger partial charge in [-0.2, -0.15) is 0 Å². The second-order valence-electron chi connectivity index (χ2n) is 8.21. The minimum absolute atomic E-state index is 0.177. The third-order valence-electron chi connectivity index (χ3n) is 6.56. The lowest BCUT2D eigenvalue weighted by Crippen LogP contribution is -2.35. The second kappa shape index (κ2) is 6.89. The number of hydrogen-bond acceptors (Lipinski definition) is 9. The van der Waals surface area contributed by atoms with Gasteiger partial charge in [-0.1, -0.05) is 0 Å². The predicted molar refractivity (Wildman–Crippen MR) is 97.3 cm³/mol. The molecule has 0 aromatic carbocycles. The van der Waals surface area contributed by atoms with Crippen LogP contribution < -0.4 is 5.32 Å². The Bertz CT molecular complexity index is 860. The van der Waals surface area contributed by atoms with Gasteiger partial charge >= 0.3 is 0 Å². The van der Waals surface area contributed by atoms with Crippen LogP contribution in [0.5, 0.6) is 0 Å². The van der Waals surface area contributed by atoms with Crippen LogP contribution in [0.25, 0.3) is 11.2 Å². The van der Waals surface area contributed by atoms with Gasteiger partial charge in [-0.15, -0.1) is 0 Å². The third-order valence-corrected chi connectivity index (χ3v) is 6.56. The van der Waals surface area contributed by atoms with Gasteiger partial charge < -0.3 is 35.0 Å². The van der Waals surface area contributed by atoms with Crippen LogP contribution in [0.2, 0.25) is 0 Å². The Morgan fingerprint density at radius 1 is 1.04 bits per heavy atom. The Labute approximate surface area is 161 Å². The summed E-state index contributed by atoms with van der Waals surface area (Å²) >= 11 is 0. The molecule has 2 aromatic heterocycles. The maximum absolute atomic E-state index is 10.2. The minimum atomic E-state index is -1.12. The summed E-state index contributed by atoms with van der Waals surface area (Å²) in [5, 5.41) is 42.8. The maximum Gasteiger partial charge on any atom is 0.165 e. The van der Waals surface area contributed by atoms with E-state index in [4.69, 9.17) is 4.74 Å². The first-order chi connectivity index (χ1) is 13.5. The van der Waals surface area contributed by atoms with Crippen molar-refractivity contribution in [3.63, 3.8) is 0 Å². The third kappa shape index (κ3) is 2.87. The van der Waals surface area contributed by atoms with Crippen LogP contribution in [0.4, 0.5) is 5.82 Å². The molecule has 0 spiro atoms. The summed E-state index contributed by atoms with van der Waals surface area (Å²) in [5.74, 6) is 1.48. The first-order valence-electron chi connectivity index (χ1n) is 9.78. The molecule has 5 rings (SSSR count). The molecular weight excluding hydrogens is 366 g/mol. The Morgan fingerprint density at radius 2 is 1.86 bits per heavy atom. The highest BCUT2D eigenvalue weighted by Crippen LogP contribution is 2.45. The number of aliphatic hydroxyl groups excluding tert-OH is 4. The highest BCUT2D eigenvalue weighted by Gasteiger charge is 2.45. The molecule has 0 radical (unpaired) electrons. The van der Waals surface area contributed by atoms with Crippen LogP contribution in [-0.4, -0.2) is 83.1 Å². The molecule has 2 aromatic rings. The van der Waals surface area contributed by atoms with Gasteiger partial charge in [0.25, 0.3) is 0 Å². The monoisotopic (exact) mass is 391 g/mol. The Kier molecular flexibility index (Phi) is 4.48. The average Bonchev–Trinajstić information content (AvgIpc) is 3.43. The van der Waals surface area contributed by atoms with Gasteiger partial charge in [0, 0.05) is 6.04 Å². The SMILES string of the molecule is OC[C@H]1O[C@@H](Cn2cnc3c(NC4CC5CC4CC5O)ncnc32)[C@H](O)[C@@H]1O. The van der Waals surface area contributed by atoms with Gasteiger partial charge in [-0.25, -0.2) is 15.0 Å². The molecule has 3 aliphatic rings. The van der Waals surface area contributed by atoms with Gasteiger partial charge in [-0.3, -0.25) is 0 Å². The van der Waals surface area contributed by atoms with Crippen LogP contribution in [0, 0.1) is 11.8 Å². The molecule has 10 nitrogen and oxygen atoms in total. The molecule has 0 amide bonds. The van der Waals surface area contributed by atoms with Crippen molar-refractivity contribution < 1.29 is 25.2 Å². The molecule has 28 heavy (non-hydrogen) atoms. The van der Waals surface area contributed by atoms with Crippen molar-refractivity contribution in [3.8, 4) is 0 Å². The molecule has 10 heteroatoms. The van der Waals surface area contributed by atoms with Gasteiger partial charge in [0.15, 0.2) is 11.5 Å². The molecule has 4 unspecified atom stereocenters. The van der Waals surface area contributed by atoms with E-state index in [1.54, 1.807) is 10.9 Å². The summed E-state index contributed by atoms with van der Waals surface area (Å²) in [7, 11) is 0. The smallest absolute Gasteiger partial charge is 0.165 e. The standard InChI is InChI=1S/C18H25N5O5/c24-5-13-16(27)15(26)12(28-13)4-23-7-21-14-17(19-6-20-18(14)23)22-10-2-9-1-8(10)3-11(9)25/h6-13,15-16,24-27H,1-5H2,(H,19,20,22)/t8?,9?,10?,11?,12-,13+,15-,16+/m0/s1. The van der Waals surface area contributed by atoms with Gasteiger partial charge in [-0.05, 0) is 31.1 Å². The molecule has 5 N–H and O–H groups in total. The van der Waals surface area contributed by atoms with E-state index in [0.717, 1.165) is 19.3 Å². The highest BCUT2D eigenvalue weighted by molar-refractivity contribution is 5.82. The predicted octanol–water partition coefficient (Wildman–Crippen LogP) is -1.12. The van der Waals surface area contributed by atoms with Crippen molar-refractivity contribution in [2.45, 2.75) is 62.4 Å². The largest absolute Gasteiger partial charge is 0.394 e. The van der Waals surface area contributed by atoms with E-state index in [1.807, 2.05) is 0 Å². The topological polar surface area (TPSA) is 146 Å². The van der Waals surface area contributed by atoms with Crippen molar-refractivity contribution in [3.05, 3.63) is 12.7 Å². The lowest BCUT2D eigenvalue weighted by Gasteiger charge is -2.26. The summed E-state index contributed by atoms with van der Waals surface area (Å²) < 4.78 is 7.31. The van der Waals surface area contributed by atoms with Crippen molar-refractivity contribution in [1.29, 1.82) is 0 Å². The van der Waals surface area contributed by atoms with Gasteiger partial charge in [0.2, 0.25) is 0 Å². The molecular formula is C18H25N5O5. The van der Waals surface area contributed by atoms with Crippen molar-refractivity contribution in [2.24, 2.45) is 11.8 Å². The van der Waals surface area contributed by atoms with E-state index in [0.29, 0.717) is 28.8 Å². The molecule has 2 saturated carbocycles. The first kappa shape index (κ1) is 18.2. The molecule has 8 atom stereocenters. The Morgan fingerprint density at radius 3 is 2.54 bits per heavy atom. The molecule has 152 valence electrons. The van der Waals surface area contributed by atoms with Crippen molar-refractivity contribution >= 4 is 17.0 Å². The zero-order chi connectivity index (χ0) is 19.4. The molecule has 3 heterocycles. The normalized spacial score (nSPS) is 39.9. The molecule has 3 fully saturated rings. The zero-order valence-electron chi connectivity index (χ0n) is 15.3. The summed E-state index contributed by atoms with van der Waals surface area (Å²) in [6.07, 6.45) is 2.05. The molecule has 1 saturated heterocycles. The van der Waals surface area contributed by atoms with E-state index in [-0.39, 0.29) is 25.3 Å². The average molecular weight is 391 g/mol. The number of nitrogens with one attached hydrogen (secondary N) is 1. The molecule has 2 aliphatic carbocycles. The first-order valence-corrected chi connectivity index (χ1v) is 9.78. The Balaban J connectivity index is 1.35. The number of nitrogens with zero attached hydrogens (tertiary/aromatic N) is 4. The number of rotatable bonds is 5. The summed E-state index contributed by atoms with van der Waals surface area (Å²) in [4.78, 5) is 13.1. The number of imidazole rings is 1. The fraction of sp³-hybridized carbons (Fsp3) is 0.722. The number of aromatic nitrogens is 4. The number of anilines is 1. The number of fused-ring (bicyclic) bond motifs is 3. The fourth-order valence-corrected chi connectivity index (χ4v) is 5.04. The van der Waals surface area contributed by atoms with Crippen LogP contribution in [0.1, 0.15) is 19.3 Å². The molecule has 2 bridgehead atoms. The number of hydrogen-bond donors (Lipinski definition) is 5. The lowest BCUT2D eigenvalue weighted by atomic mass is 9.93. The van der Waals surface area contributed by atoms with Gasteiger partial charge in [0.1, 0.15) is 36.3 Å². The lowest BCUT2D eigenvalue weighted by molar-refractivity contribution is -0.0262. The van der Waals surface area contributed by atoms with Crippen LogP contribution in [-0.2, 0) is 11.3 Å². The zero-order valence-corrected chi connectivity index (χ0v) is 15.3. The van der Waals surface area contributed by atoms with Crippen molar-refractivity contribution in [2.75, 3.05) is 11.9 Å². The summed E-state index contributed by atoms with van der Waals surface area (Å²) in [6, 6.07) is 0.275. The quantitative estimate of drug-likeness (QED) is 0.428. The van der Waals surface area contributed by atoms with Crippen molar-refractivity contribution in [1.82, 2.24) is 19.5 Å². The summed E-state index contributed by atoms with van der Waals surface area (Å²) in [5.41, 5.74) is 1.25. The maximum atomic E-state index is 10.2. The molecule has 1 aliphatic heterocycles. The van der Waals surface area contributed by atoms with E-state index in [1.165, 1.54) is 6.33 Å². The van der Waals surface area contributed by atoms with E-state index < -0.39 is 24.4 Å².